The number of carbonyl (C=O) groups excluding carboxylic acids is 1. The molecule has 2 amide bonds. The number of hydrogen-bond donors (Lipinski definition) is 2. The summed E-state index contributed by atoms with van der Waals surface area (Å²) in [4.78, 5) is 26.1. The number of urea groups is 1. The normalized spacial score (nSPS) is 29.5. The van der Waals surface area contributed by atoms with Gasteiger partial charge in [0.05, 0.1) is 6.10 Å². The van der Waals surface area contributed by atoms with Gasteiger partial charge in [0, 0.05) is 26.1 Å². The molecule has 0 aromatic heterocycles. The van der Waals surface area contributed by atoms with E-state index in [0.29, 0.717) is 13.1 Å². The van der Waals surface area contributed by atoms with Crippen LogP contribution in [0.4, 0.5) is 4.79 Å². The number of carboxylic acids is 1. The van der Waals surface area contributed by atoms with E-state index in [1.165, 1.54) is 4.90 Å². The van der Waals surface area contributed by atoms with Gasteiger partial charge in [-0.05, 0) is 19.3 Å². The molecule has 2 saturated heterocycles. The fourth-order valence-corrected chi connectivity index (χ4v) is 2.53. The van der Waals surface area contributed by atoms with Gasteiger partial charge in [-0.25, -0.2) is 9.59 Å². The molecule has 6 heteroatoms. The lowest BCUT2D eigenvalue weighted by molar-refractivity contribution is -0.141. The lowest BCUT2D eigenvalue weighted by atomic mass is 10.1. The number of amides is 2. The minimum absolute atomic E-state index is 0.131. The zero-order chi connectivity index (χ0) is 12.4. The number of piperidine rings is 1. The van der Waals surface area contributed by atoms with E-state index in [4.69, 9.17) is 5.11 Å². The molecule has 0 unspecified atom stereocenters. The molecule has 2 rings (SSSR count). The van der Waals surface area contributed by atoms with E-state index < -0.39 is 18.1 Å². The Morgan fingerprint density at radius 3 is 2.35 bits per heavy atom. The Morgan fingerprint density at radius 2 is 1.76 bits per heavy atom. The Labute approximate surface area is 99.8 Å². The number of nitrogens with zero attached hydrogens (tertiary/aromatic N) is 2. The Bertz CT molecular complexity index is 315. The van der Waals surface area contributed by atoms with E-state index >= 15 is 0 Å². The second-order valence-electron chi connectivity index (χ2n) is 4.73. The quantitative estimate of drug-likeness (QED) is 0.684. The number of aliphatic hydroxyl groups is 1. The van der Waals surface area contributed by atoms with Crippen molar-refractivity contribution in [1.29, 1.82) is 0 Å². The summed E-state index contributed by atoms with van der Waals surface area (Å²) in [5.74, 6) is -1.04. The highest BCUT2D eigenvalue weighted by molar-refractivity contribution is 5.83. The molecule has 0 saturated carbocycles. The molecule has 0 spiro atoms. The van der Waals surface area contributed by atoms with Gasteiger partial charge in [0.25, 0.3) is 0 Å². The zero-order valence-corrected chi connectivity index (χ0v) is 9.71. The first kappa shape index (κ1) is 12.2. The first-order chi connectivity index (χ1) is 8.09. The third kappa shape index (κ3) is 2.52. The lowest BCUT2D eigenvalue weighted by Crippen LogP contribution is -2.49. The number of rotatable bonds is 1. The number of likely N-dealkylation sites (tertiary alicyclic amines) is 2. The highest BCUT2D eigenvalue weighted by Crippen LogP contribution is 2.21. The number of hydrogen-bond acceptors (Lipinski definition) is 3. The Hall–Kier alpha value is -1.30. The molecule has 17 heavy (non-hydrogen) atoms. The summed E-state index contributed by atoms with van der Waals surface area (Å²) in [6.07, 6.45) is 2.48. The number of carbonyl (C=O) groups is 2. The maximum absolute atomic E-state index is 12.1. The maximum Gasteiger partial charge on any atom is 0.326 e. The molecule has 0 aromatic carbocycles. The van der Waals surface area contributed by atoms with E-state index in [1.807, 2.05) is 0 Å². The van der Waals surface area contributed by atoms with Crippen molar-refractivity contribution in [3.63, 3.8) is 0 Å². The van der Waals surface area contributed by atoms with Crippen LogP contribution in [-0.2, 0) is 4.79 Å². The van der Waals surface area contributed by atoms with Gasteiger partial charge in [-0.15, -0.1) is 0 Å². The second kappa shape index (κ2) is 4.91. The van der Waals surface area contributed by atoms with Crippen molar-refractivity contribution in [1.82, 2.24) is 9.80 Å². The number of aliphatic carboxylic acids is 1. The summed E-state index contributed by atoms with van der Waals surface area (Å²) >= 11 is 0. The molecule has 2 N–H and O–H groups in total. The Balaban J connectivity index is 2.04. The number of β-amino-alcohol motifs (C(OH)–C–C–N with tert-alkyl or cyclic N) is 1. The van der Waals surface area contributed by atoms with Crippen molar-refractivity contribution in [3.05, 3.63) is 0 Å². The minimum Gasteiger partial charge on any atom is -0.480 e. The van der Waals surface area contributed by atoms with Crippen LogP contribution in [0.5, 0.6) is 0 Å². The van der Waals surface area contributed by atoms with Crippen LogP contribution < -0.4 is 0 Å². The monoisotopic (exact) mass is 242 g/mol. The molecule has 2 atom stereocenters. The van der Waals surface area contributed by atoms with E-state index in [1.54, 1.807) is 4.90 Å². The van der Waals surface area contributed by atoms with Gasteiger partial charge in [-0.2, -0.15) is 0 Å². The van der Waals surface area contributed by atoms with Gasteiger partial charge in [0.2, 0.25) is 0 Å². The predicted molar refractivity (Wildman–Crippen MR) is 59.6 cm³/mol. The van der Waals surface area contributed by atoms with Crippen LogP contribution >= 0.6 is 0 Å². The molecule has 0 bridgehead atoms. The van der Waals surface area contributed by atoms with Gasteiger partial charge >= 0.3 is 12.0 Å². The summed E-state index contributed by atoms with van der Waals surface area (Å²) in [7, 11) is 0. The van der Waals surface area contributed by atoms with Crippen molar-refractivity contribution in [3.8, 4) is 0 Å². The standard InChI is InChI=1S/C11H18N2O4/c14-8-6-9(10(15)16)13(7-8)11(17)12-4-2-1-3-5-12/h8-9,14H,1-7H2,(H,15,16)/t8-,9-/m1/s1. The van der Waals surface area contributed by atoms with Gasteiger partial charge in [-0.3, -0.25) is 0 Å². The summed E-state index contributed by atoms with van der Waals surface area (Å²) in [6.45, 7) is 1.52. The van der Waals surface area contributed by atoms with Crippen molar-refractivity contribution < 1.29 is 19.8 Å². The van der Waals surface area contributed by atoms with Crippen LogP contribution in [-0.4, -0.2) is 63.8 Å². The van der Waals surface area contributed by atoms with Gasteiger partial charge < -0.3 is 20.0 Å². The first-order valence-corrected chi connectivity index (χ1v) is 6.06. The average molecular weight is 242 g/mol. The third-order valence-electron chi connectivity index (χ3n) is 3.44. The molecule has 0 aromatic rings. The van der Waals surface area contributed by atoms with Crippen LogP contribution in [0.1, 0.15) is 25.7 Å². The van der Waals surface area contributed by atoms with Gasteiger partial charge in [0.1, 0.15) is 6.04 Å². The molecule has 0 aliphatic carbocycles. The summed E-state index contributed by atoms with van der Waals surface area (Å²) in [5.41, 5.74) is 0. The van der Waals surface area contributed by atoms with Gasteiger partial charge in [-0.1, -0.05) is 0 Å². The number of aliphatic hydroxyl groups excluding tert-OH is 1. The highest BCUT2D eigenvalue weighted by Gasteiger charge is 2.40. The lowest BCUT2D eigenvalue weighted by Gasteiger charge is -2.32. The molecule has 0 radical (unpaired) electrons. The van der Waals surface area contributed by atoms with Crippen LogP contribution in [0.15, 0.2) is 0 Å². The van der Waals surface area contributed by atoms with Crippen LogP contribution in [0.25, 0.3) is 0 Å². The topological polar surface area (TPSA) is 81.1 Å². The van der Waals surface area contributed by atoms with Crippen LogP contribution in [0, 0.1) is 0 Å². The Morgan fingerprint density at radius 1 is 1.12 bits per heavy atom. The summed E-state index contributed by atoms with van der Waals surface area (Å²) in [6, 6.07) is -1.12. The average Bonchev–Trinajstić information content (AvgIpc) is 2.72. The van der Waals surface area contributed by atoms with Crippen molar-refractivity contribution >= 4 is 12.0 Å². The van der Waals surface area contributed by atoms with Crippen LogP contribution in [0.3, 0.4) is 0 Å². The van der Waals surface area contributed by atoms with Crippen molar-refractivity contribution in [2.45, 2.75) is 37.8 Å². The summed E-state index contributed by atoms with van der Waals surface area (Å²) in [5, 5.41) is 18.5. The van der Waals surface area contributed by atoms with E-state index in [2.05, 4.69) is 0 Å². The van der Waals surface area contributed by atoms with Crippen LogP contribution in [0.2, 0.25) is 0 Å². The smallest absolute Gasteiger partial charge is 0.326 e. The maximum atomic E-state index is 12.1. The van der Waals surface area contributed by atoms with E-state index in [-0.39, 0.29) is 19.0 Å². The molecular formula is C11H18N2O4. The van der Waals surface area contributed by atoms with Crippen molar-refractivity contribution in [2.75, 3.05) is 19.6 Å². The first-order valence-electron chi connectivity index (χ1n) is 6.06. The molecular weight excluding hydrogens is 224 g/mol. The minimum atomic E-state index is -1.04. The number of carboxylic acid groups (broad SMARTS) is 1. The molecule has 96 valence electrons. The highest BCUT2D eigenvalue weighted by atomic mass is 16.4. The molecule has 2 aliphatic heterocycles. The fraction of sp³-hybridized carbons (Fsp3) is 0.818. The van der Waals surface area contributed by atoms with E-state index in [0.717, 1.165) is 19.3 Å². The second-order valence-corrected chi connectivity index (χ2v) is 4.73. The van der Waals surface area contributed by atoms with Crippen molar-refractivity contribution in [2.24, 2.45) is 0 Å². The fourth-order valence-electron chi connectivity index (χ4n) is 2.53. The SMILES string of the molecule is O=C(O)[C@H]1C[C@@H](O)CN1C(=O)N1CCCCC1. The predicted octanol–water partition coefficient (Wildman–Crippen LogP) is 0.112. The molecule has 6 nitrogen and oxygen atoms in total. The third-order valence-corrected chi connectivity index (χ3v) is 3.44. The zero-order valence-electron chi connectivity index (χ0n) is 9.71. The largest absolute Gasteiger partial charge is 0.480 e. The molecule has 2 fully saturated rings. The van der Waals surface area contributed by atoms with Gasteiger partial charge in [0.15, 0.2) is 0 Å². The Kier molecular flexibility index (Phi) is 3.51. The molecule has 2 aliphatic rings. The summed E-state index contributed by atoms with van der Waals surface area (Å²) < 4.78 is 0. The van der Waals surface area contributed by atoms with E-state index in [9.17, 15) is 14.7 Å². The molecule has 2 heterocycles.